The fourth-order valence-electron chi connectivity index (χ4n) is 4.99. The molecule has 1 heterocycles. The predicted octanol–water partition coefficient (Wildman–Crippen LogP) is 3.76. The van der Waals surface area contributed by atoms with E-state index < -0.39 is 0 Å². The number of hydrogen-bond acceptors (Lipinski definition) is 5. The van der Waals surface area contributed by atoms with Gasteiger partial charge in [0.05, 0.1) is 13.7 Å². The second-order valence-electron chi connectivity index (χ2n) is 8.94. The molecule has 2 fully saturated rings. The van der Waals surface area contributed by atoms with Gasteiger partial charge in [0.2, 0.25) is 5.91 Å². The summed E-state index contributed by atoms with van der Waals surface area (Å²) in [7, 11) is 1.68. The van der Waals surface area contributed by atoms with Crippen LogP contribution < -0.4 is 14.8 Å². The molecule has 4 rings (SSSR count). The zero-order valence-corrected chi connectivity index (χ0v) is 19.1. The molecule has 32 heavy (non-hydrogen) atoms. The Balaban J connectivity index is 1.23. The van der Waals surface area contributed by atoms with Crippen molar-refractivity contribution < 1.29 is 19.4 Å². The second kappa shape index (κ2) is 9.82. The van der Waals surface area contributed by atoms with Crippen LogP contribution in [0.4, 0.5) is 0 Å². The SMILES string of the molecule is CCOc1cccc(CN2CCC3(CC2)C[C@H]3C(=O)NCCc2ccccc2OC)c1O. The molecule has 2 aromatic carbocycles. The first-order valence-corrected chi connectivity index (χ1v) is 11.6. The molecule has 1 atom stereocenters. The number of likely N-dealkylation sites (tertiary alicyclic amines) is 1. The predicted molar refractivity (Wildman–Crippen MR) is 124 cm³/mol. The summed E-state index contributed by atoms with van der Waals surface area (Å²) >= 11 is 0. The van der Waals surface area contributed by atoms with E-state index in [9.17, 15) is 9.90 Å². The zero-order valence-electron chi connectivity index (χ0n) is 19.1. The van der Waals surface area contributed by atoms with Crippen molar-refractivity contribution in [2.45, 2.75) is 39.2 Å². The van der Waals surface area contributed by atoms with Crippen LogP contribution in [0.2, 0.25) is 0 Å². The maximum atomic E-state index is 12.7. The molecule has 1 saturated heterocycles. The lowest BCUT2D eigenvalue weighted by Gasteiger charge is -2.33. The highest BCUT2D eigenvalue weighted by molar-refractivity contribution is 5.82. The minimum Gasteiger partial charge on any atom is -0.504 e. The van der Waals surface area contributed by atoms with Crippen molar-refractivity contribution in [2.75, 3.05) is 33.4 Å². The molecule has 1 spiro atoms. The molecule has 1 aliphatic carbocycles. The highest BCUT2D eigenvalue weighted by atomic mass is 16.5. The highest BCUT2D eigenvalue weighted by Gasteiger charge is 2.58. The van der Waals surface area contributed by atoms with Crippen LogP contribution in [0.3, 0.4) is 0 Å². The molecule has 6 heteroatoms. The van der Waals surface area contributed by atoms with E-state index in [4.69, 9.17) is 9.47 Å². The molecule has 1 aliphatic heterocycles. The van der Waals surface area contributed by atoms with Crippen LogP contribution in [-0.2, 0) is 17.8 Å². The largest absolute Gasteiger partial charge is 0.504 e. The first-order valence-electron chi connectivity index (χ1n) is 11.6. The number of ether oxygens (including phenoxy) is 2. The van der Waals surface area contributed by atoms with Gasteiger partial charge in [0.25, 0.3) is 0 Å². The lowest BCUT2D eigenvalue weighted by Crippen LogP contribution is -2.37. The molecule has 0 aromatic heterocycles. The molecule has 2 aromatic rings. The van der Waals surface area contributed by atoms with Gasteiger partial charge in [-0.1, -0.05) is 30.3 Å². The number of methoxy groups -OCH3 is 1. The first kappa shape index (κ1) is 22.5. The lowest BCUT2D eigenvalue weighted by atomic mass is 9.90. The van der Waals surface area contributed by atoms with Gasteiger partial charge in [-0.25, -0.2) is 0 Å². The van der Waals surface area contributed by atoms with E-state index in [0.717, 1.165) is 55.6 Å². The number of rotatable bonds is 9. The van der Waals surface area contributed by atoms with Crippen molar-refractivity contribution >= 4 is 5.91 Å². The molecule has 6 nitrogen and oxygen atoms in total. The number of carbonyl (C=O) groups excluding carboxylic acids is 1. The van der Waals surface area contributed by atoms with Gasteiger partial charge in [-0.05, 0) is 68.8 Å². The molecule has 1 amide bonds. The summed E-state index contributed by atoms with van der Waals surface area (Å²) in [6.07, 6.45) is 3.83. The van der Waals surface area contributed by atoms with Gasteiger partial charge in [0.15, 0.2) is 11.5 Å². The lowest BCUT2D eigenvalue weighted by molar-refractivity contribution is -0.123. The summed E-state index contributed by atoms with van der Waals surface area (Å²) in [4.78, 5) is 15.1. The number of phenolic OH excluding ortho intramolecular Hbond substituents is 1. The average molecular weight is 439 g/mol. The monoisotopic (exact) mass is 438 g/mol. The van der Waals surface area contributed by atoms with Gasteiger partial charge in [0, 0.05) is 24.6 Å². The van der Waals surface area contributed by atoms with E-state index in [-0.39, 0.29) is 23.0 Å². The van der Waals surface area contributed by atoms with Crippen LogP contribution in [0.5, 0.6) is 17.2 Å². The Morgan fingerprint density at radius 1 is 1.12 bits per heavy atom. The molecule has 0 bridgehead atoms. The van der Waals surface area contributed by atoms with Crippen molar-refractivity contribution in [3.05, 3.63) is 53.6 Å². The van der Waals surface area contributed by atoms with Crippen molar-refractivity contribution in [1.29, 1.82) is 0 Å². The van der Waals surface area contributed by atoms with E-state index in [0.29, 0.717) is 25.4 Å². The summed E-state index contributed by atoms with van der Waals surface area (Å²) in [6, 6.07) is 13.6. The summed E-state index contributed by atoms with van der Waals surface area (Å²) in [5.74, 6) is 1.99. The molecule has 2 N–H and O–H groups in total. The molecule has 1 saturated carbocycles. The van der Waals surface area contributed by atoms with Crippen LogP contribution in [0, 0.1) is 11.3 Å². The molecule has 0 unspecified atom stereocenters. The Hall–Kier alpha value is -2.73. The maximum Gasteiger partial charge on any atom is 0.223 e. The quantitative estimate of drug-likeness (QED) is 0.624. The van der Waals surface area contributed by atoms with Crippen LogP contribution >= 0.6 is 0 Å². The third-order valence-corrected chi connectivity index (χ3v) is 7.02. The van der Waals surface area contributed by atoms with E-state index >= 15 is 0 Å². The molecular formula is C26H34N2O4. The smallest absolute Gasteiger partial charge is 0.223 e. The first-order chi connectivity index (χ1) is 15.6. The number of phenols is 1. The average Bonchev–Trinajstić information content (AvgIpc) is 3.52. The van der Waals surface area contributed by atoms with Gasteiger partial charge >= 0.3 is 0 Å². The van der Waals surface area contributed by atoms with Gasteiger partial charge in [-0.15, -0.1) is 0 Å². The Bertz CT molecular complexity index is 937. The summed E-state index contributed by atoms with van der Waals surface area (Å²) < 4.78 is 10.9. The third kappa shape index (κ3) is 4.85. The number of nitrogens with one attached hydrogen (secondary N) is 1. The fourth-order valence-corrected chi connectivity index (χ4v) is 4.99. The highest BCUT2D eigenvalue weighted by Crippen LogP contribution is 2.59. The minimum absolute atomic E-state index is 0.136. The summed E-state index contributed by atoms with van der Waals surface area (Å²) in [5.41, 5.74) is 2.18. The fraction of sp³-hybridized carbons (Fsp3) is 0.500. The normalized spacial score (nSPS) is 19.5. The van der Waals surface area contributed by atoms with Crippen LogP contribution in [-0.4, -0.2) is 49.3 Å². The Morgan fingerprint density at radius 3 is 2.59 bits per heavy atom. The number of para-hydroxylation sites is 2. The van der Waals surface area contributed by atoms with Gasteiger partial charge in [0.1, 0.15) is 5.75 Å². The van der Waals surface area contributed by atoms with Gasteiger partial charge < -0.3 is 19.9 Å². The second-order valence-corrected chi connectivity index (χ2v) is 8.94. The number of piperidine rings is 1. The Kier molecular flexibility index (Phi) is 6.89. The van der Waals surface area contributed by atoms with Crippen LogP contribution in [0.25, 0.3) is 0 Å². The minimum atomic E-state index is 0.136. The van der Waals surface area contributed by atoms with Crippen molar-refractivity contribution in [3.63, 3.8) is 0 Å². The van der Waals surface area contributed by atoms with Gasteiger partial charge in [-0.3, -0.25) is 9.69 Å². The molecule has 2 aliphatic rings. The van der Waals surface area contributed by atoms with E-state index in [1.165, 1.54) is 0 Å². The Morgan fingerprint density at radius 2 is 1.84 bits per heavy atom. The standard InChI is InChI=1S/C26H34N2O4/c1-3-32-23-10-6-8-20(24(23)29)18-28-15-12-26(13-16-28)17-21(26)25(30)27-14-11-19-7-4-5-9-22(19)31-2/h4-10,21,29H,3,11-18H2,1-2H3,(H,27,30)/t21-/m0/s1. The number of amides is 1. The van der Waals surface area contributed by atoms with Gasteiger partial charge in [-0.2, -0.15) is 0 Å². The number of aromatic hydroxyl groups is 1. The molecular weight excluding hydrogens is 404 g/mol. The van der Waals surface area contributed by atoms with Crippen molar-refractivity contribution in [1.82, 2.24) is 10.2 Å². The van der Waals surface area contributed by atoms with Crippen LogP contribution in [0.15, 0.2) is 42.5 Å². The van der Waals surface area contributed by atoms with E-state index in [1.54, 1.807) is 13.2 Å². The number of benzene rings is 2. The molecule has 172 valence electrons. The zero-order chi connectivity index (χ0) is 22.6. The van der Waals surface area contributed by atoms with Crippen molar-refractivity contribution in [2.24, 2.45) is 11.3 Å². The third-order valence-electron chi connectivity index (χ3n) is 7.02. The Labute approximate surface area is 190 Å². The number of carbonyl (C=O) groups is 1. The number of hydrogen-bond donors (Lipinski definition) is 2. The van der Waals surface area contributed by atoms with Crippen molar-refractivity contribution in [3.8, 4) is 17.2 Å². The van der Waals surface area contributed by atoms with Crippen LogP contribution in [0.1, 0.15) is 37.3 Å². The molecule has 0 radical (unpaired) electrons. The maximum absolute atomic E-state index is 12.7. The van der Waals surface area contributed by atoms with E-state index in [2.05, 4.69) is 10.2 Å². The summed E-state index contributed by atoms with van der Waals surface area (Å²) in [5, 5.41) is 13.6. The topological polar surface area (TPSA) is 71.0 Å². The van der Waals surface area contributed by atoms with E-state index in [1.807, 2.05) is 43.3 Å². The summed E-state index contributed by atoms with van der Waals surface area (Å²) in [6.45, 7) is 5.68. The number of nitrogens with zero attached hydrogens (tertiary/aromatic N) is 1.